The van der Waals surface area contributed by atoms with E-state index in [9.17, 15) is 19.2 Å². The Balaban J connectivity index is 0.000000256. The summed E-state index contributed by atoms with van der Waals surface area (Å²) in [6.07, 6.45) is 8.41. The van der Waals surface area contributed by atoms with Gasteiger partial charge >= 0.3 is 12.1 Å². The topological polar surface area (TPSA) is 232 Å². The molecule has 0 spiro atoms. The number of amides is 6. The fourth-order valence-corrected chi connectivity index (χ4v) is 10.3. The molecular formula is C70H92N8O12. The monoisotopic (exact) mass is 1240 g/mol. The molecule has 484 valence electrons. The first-order valence-corrected chi connectivity index (χ1v) is 31.6. The van der Waals surface area contributed by atoms with E-state index >= 15 is 0 Å². The average Bonchev–Trinajstić information content (AvgIpc) is 1.83. The van der Waals surface area contributed by atoms with Crippen LogP contribution in [0.5, 0.6) is 46.0 Å². The van der Waals surface area contributed by atoms with Gasteiger partial charge in [0.1, 0.15) is 35.2 Å². The molecule has 8 rings (SSSR count). The van der Waals surface area contributed by atoms with Crippen molar-refractivity contribution < 1.29 is 57.4 Å². The number of hydrogen-bond acceptors (Lipinski definition) is 14. The fraction of sp³-hybridized carbons (Fsp3) is 0.429. The number of carbonyl (C=O) groups excluding carboxylic acids is 4. The maximum Gasteiger partial charge on any atom is 0.319 e. The van der Waals surface area contributed by atoms with Crippen LogP contribution in [0.1, 0.15) is 119 Å². The van der Waals surface area contributed by atoms with E-state index in [1.165, 1.54) is 0 Å². The quantitative estimate of drug-likeness (QED) is 0.0217. The van der Waals surface area contributed by atoms with E-state index in [-0.39, 0.29) is 54.8 Å². The fourth-order valence-electron chi connectivity index (χ4n) is 10.3. The molecule has 2 heterocycles. The molecule has 6 aromatic rings. The summed E-state index contributed by atoms with van der Waals surface area (Å²) < 4.78 is 41.0. The van der Waals surface area contributed by atoms with Crippen LogP contribution in [0.3, 0.4) is 0 Å². The maximum absolute atomic E-state index is 13.0. The number of likely N-dealkylation sites (tertiary alicyclic amines) is 2. The molecule has 0 unspecified atom stereocenters. The molecule has 7 N–H and O–H groups in total. The molecule has 0 radical (unpaired) electrons. The maximum atomic E-state index is 13.0. The van der Waals surface area contributed by atoms with Gasteiger partial charge in [-0.25, -0.2) is 9.59 Å². The summed E-state index contributed by atoms with van der Waals surface area (Å²) in [6.45, 7) is 19.6. The van der Waals surface area contributed by atoms with Crippen LogP contribution in [0, 0.1) is 6.92 Å². The van der Waals surface area contributed by atoms with Crippen LogP contribution in [-0.4, -0.2) is 136 Å². The van der Waals surface area contributed by atoms with Gasteiger partial charge in [-0.15, -0.1) is 0 Å². The molecule has 90 heavy (non-hydrogen) atoms. The van der Waals surface area contributed by atoms with Crippen molar-refractivity contribution >= 4 is 46.6 Å². The molecule has 2 saturated heterocycles. The number of piperidine rings is 2. The van der Waals surface area contributed by atoms with Crippen LogP contribution in [0.2, 0.25) is 0 Å². The third kappa shape index (κ3) is 21.9. The number of benzene rings is 6. The second kappa shape index (κ2) is 36.2. The minimum Gasteiger partial charge on any atom is -0.493 e. The van der Waals surface area contributed by atoms with Crippen molar-refractivity contribution in [3.8, 4) is 46.0 Å². The van der Waals surface area contributed by atoms with Gasteiger partial charge in [-0.05, 0) is 192 Å². The van der Waals surface area contributed by atoms with Crippen molar-refractivity contribution in [2.75, 3.05) is 94.6 Å². The number of ether oxygens (including phenoxy) is 7. The zero-order valence-electron chi connectivity index (χ0n) is 53.5. The number of nitrogens with zero attached hydrogens (tertiary/aromatic N) is 2. The van der Waals surface area contributed by atoms with Crippen molar-refractivity contribution in [1.29, 1.82) is 0 Å². The summed E-state index contributed by atoms with van der Waals surface area (Å²) in [5, 5.41) is 26.5. The van der Waals surface area contributed by atoms with Gasteiger partial charge in [0, 0.05) is 111 Å². The summed E-state index contributed by atoms with van der Waals surface area (Å²) in [6, 6.07) is 37.1. The summed E-state index contributed by atoms with van der Waals surface area (Å²) in [5.41, 5.74) is 4.37. The van der Waals surface area contributed by atoms with Gasteiger partial charge in [-0.1, -0.05) is 27.7 Å². The Kier molecular flexibility index (Phi) is 27.7. The van der Waals surface area contributed by atoms with E-state index < -0.39 is 0 Å². The highest BCUT2D eigenvalue weighted by molar-refractivity contribution is 6.05. The SMILES string of the molecule is CCC(CC)NC(=O)Nc1ccc(Oc2ccc(NC(=O)c3ccc(OC4CCN(CCCO)CC4)cc3)cc2C)c(OC)c1.CCOCCN1CCC(Oc2ccc(C(=O)Nc3ccc(Oc4ccc(NC(=O)NC(CC)CC)cc4OC)cc3)cc2)CC1. The standard InChI is InChI=1S/2C35H46N4O6/c1-5-26(6-2)37-35(42)38-28-11-15-32(33(23-28)43-4)45-31-14-10-27(22-24(31)3)36-34(41)25-8-12-29(13-9-25)44-30-16-19-39(20-17-30)18-7-21-40;1-5-26(6-2)37-35(41)38-28-12-17-32(33(24-28)42-4)45-30-15-10-27(11-16-30)36-34(40)25-8-13-29(14-9-25)44-31-18-20-39(21-19-31)22-23-43-7-3/h8-15,22-23,26,30,40H,5-7,16-21H2,1-4H3,(H,36,41)(H2,37,38,42);8-17,24,26,31H,5-7,18-23H2,1-4H3,(H,36,40)(H2,37,38,41). The summed E-state index contributed by atoms with van der Waals surface area (Å²) in [4.78, 5) is 55.2. The zero-order chi connectivity index (χ0) is 64.2. The third-order valence-corrected chi connectivity index (χ3v) is 15.8. The Hall–Kier alpha value is -8.56. The lowest BCUT2D eigenvalue weighted by molar-refractivity contribution is 0.0691. The average molecular weight is 1240 g/mol. The van der Waals surface area contributed by atoms with E-state index in [4.69, 9.17) is 38.3 Å². The first kappa shape index (κ1) is 68.9. The number of anilines is 4. The molecule has 0 aliphatic carbocycles. The normalized spacial score (nSPS) is 13.7. The first-order chi connectivity index (χ1) is 43.7. The van der Waals surface area contributed by atoms with Gasteiger partial charge in [0.05, 0.1) is 20.8 Å². The second-order valence-corrected chi connectivity index (χ2v) is 22.2. The predicted octanol–water partition coefficient (Wildman–Crippen LogP) is 13.5. The lowest BCUT2D eigenvalue weighted by Gasteiger charge is -2.32. The number of nitrogens with one attached hydrogen (secondary N) is 6. The molecule has 6 aromatic carbocycles. The van der Waals surface area contributed by atoms with Gasteiger partial charge < -0.3 is 80.0 Å². The first-order valence-electron chi connectivity index (χ1n) is 31.6. The highest BCUT2D eigenvalue weighted by atomic mass is 16.5. The van der Waals surface area contributed by atoms with Gasteiger partial charge in [-0.2, -0.15) is 0 Å². The van der Waals surface area contributed by atoms with E-state index in [1.807, 2.05) is 71.9 Å². The van der Waals surface area contributed by atoms with E-state index in [0.717, 1.165) is 127 Å². The molecule has 0 aromatic heterocycles. The lowest BCUT2D eigenvalue weighted by atomic mass is 10.1. The Labute approximate surface area is 530 Å². The Bertz CT molecular complexity index is 3180. The highest BCUT2D eigenvalue weighted by Gasteiger charge is 2.23. The molecule has 20 heteroatoms. The molecule has 20 nitrogen and oxygen atoms in total. The molecule has 0 bridgehead atoms. The number of hydrogen-bond donors (Lipinski definition) is 7. The molecule has 0 atom stereocenters. The third-order valence-electron chi connectivity index (χ3n) is 15.8. The van der Waals surface area contributed by atoms with Crippen molar-refractivity contribution in [2.45, 2.75) is 124 Å². The lowest BCUT2D eigenvalue weighted by Crippen LogP contribution is -2.39. The van der Waals surface area contributed by atoms with Gasteiger partial charge in [0.15, 0.2) is 23.0 Å². The smallest absolute Gasteiger partial charge is 0.319 e. The number of carbonyl (C=O) groups is 4. The minimum atomic E-state index is -0.264. The summed E-state index contributed by atoms with van der Waals surface area (Å²) in [5.74, 6) is 4.21. The Morgan fingerprint density at radius 3 is 1.33 bits per heavy atom. The molecule has 0 saturated carbocycles. The second-order valence-electron chi connectivity index (χ2n) is 22.2. The Morgan fingerprint density at radius 2 is 0.900 bits per heavy atom. The van der Waals surface area contributed by atoms with Gasteiger partial charge in [0.25, 0.3) is 11.8 Å². The van der Waals surface area contributed by atoms with Crippen LogP contribution < -0.4 is 60.3 Å². The van der Waals surface area contributed by atoms with E-state index in [0.29, 0.717) is 68.4 Å². The molecule has 6 amide bonds. The molecule has 2 aliphatic rings. The summed E-state index contributed by atoms with van der Waals surface area (Å²) >= 11 is 0. The van der Waals surface area contributed by atoms with Crippen molar-refractivity contribution in [2.24, 2.45) is 0 Å². The van der Waals surface area contributed by atoms with E-state index in [2.05, 4.69) is 41.7 Å². The van der Waals surface area contributed by atoms with Crippen LogP contribution in [-0.2, 0) is 4.74 Å². The Morgan fingerprint density at radius 1 is 0.489 bits per heavy atom. The number of aliphatic hydroxyl groups is 1. The van der Waals surface area contributed by atoms with Gasteiger partial charge in [-0.3, -0.25) is 9.59 Å². The van der Waals surface area contributed by atoms with Crippen LogP contribution >= 0.6 is 0 Å². The molecule has 2 fully saturated rings. The minimum absolute atomic E-state index is 0.119. The number of methoxy groups -OCH3 is 2. The van der Waals surface area contributed by atoms with Gasteiger partial charge in [0.2, 0.25) is 0 Å². The van der Waals surface area contributed by atoms with Crippen molar-refractivity contribution in [3.05, 3.63) is 144 Å². The highest BCUT2D eigenvalue weighted by Crippen LogP contribution is 2.37. The predicted molar refractivity (Wildman–Crippen MR) is 354 cm³/mol. The number of aryl methyl sites for hydroxylation is 1. The molecule has 2 aliphatic heterocycles. The molecular weight excluding hydrogens is 1140 g/mol. The largest absolute Gasteiger partial charge is 0.493 e. The zero-order valence-corrected chi connectivity index (χ0v) is 53.5. The van der Waals surface area contributed by atoms with Crippen molar-refractivity contribution in [3.63, 3.8) is 0 Å². The number of urea groups is 2. The van der Waals surface area contributed by atoms with Crippen LogP contribution in [0.25, 0.3) is 0 Å². The van der Waals surface area contributed by atoms with Crippen LogP contribution in [0.15, 0.2) is 127 Å². The van der Waals surface area contributed by atoms with Crippen molar-refractivity contribution in [1.82, 2.24) is 20.4 Å². The number of aliphatic hydroxyl groups excluding tert-OH is 1. The van der Waals surface area contributed by atoms with Crippen LogP contribution in [0.4, 0.5) is 32.3 Å². The number of rotatable bonds is 29. The van der Waals surface area contributed by atoms with E-state index in [1.54, 1.807) is 111 Å². The summed E-state index contributed by atoms with van der Waals surface area (Å²) in [7, 11) is 3.09.